The average Bonchev–Trinajstić information content (AvgIpc) is 2.69. The predicted molar refractivity (Wildman–Crippen MR) is 110 cm³/mol. The molecular weight excluding hydrogens is 370 g/mol. The molecule has 0 N–H and O–H groups in total. The lowest BCUT2D eigenvalue weighted by atomic mass is 10.0. The van der Waals surface area contributed by atoms with Crippen molar-refractivity contribution in [2.45, 2.75) is 36.5 Å². The summed E-state index contributed by atoms with van der Waals surface area (Å²) in [6, 6.07) is 17.3. The van der Waals surface area contributed by atoms with Crippen LogP contribution < -0.4 is 9.64 Å². The van der Waals surface area contributed by atoms with Crippen molar-refractivity contribution < 1.29 is 13.2 Å². The first kappa shape index (κ1) is 17.3. The van der Waals surface area contributed by atoms with Gasteiger partial charge in [0.2, 0.25) is 9.84 Å². The van der Waals surface area contributed by atoms with Gasteiger partial charge >= 0.3 is 0 Å². The van der Waals surface area contributed by atoms with Gasteiger partial charge in [0.05, 0.1) is 33.5 Å². The van der Waals surface area contributed by atoms with Crippen LogP contribution in [0.5, 0.6) is 5.75 Å². The van der Waals surface area contributed by atoms with Crippen LogP contribution in [0.4, 0.5) is 17.1 Å². The molecule has 2 aliphatic heterocycles. The lowest BCUT2D eigenvalue weighted by Crippen LogP contribution is -2.24. The molecule has 0 aliphatic carbocycles. The molecular formula is C23H21NO3S. The molecule has 0 amide bonds. The van der Waals surface area contributed by atoms with Crippen molar-refractivity contribution in [1.29, 1.82) is 0 Å². The van der Waals surface area contributed by atoms with Crippen LogP contribution >= 0.6 is 0 Å². The molecule has 142 valence electrons. The zero-order chi connectivity index (χ0) is 19.5. The Hall–Kier alpha value is -2.79. The van der Waals surface area contributed by atoms with Gasteiger partial charge in [-0.1, -0.05) is 24.3 Å². The maximum atomic E-state index is 13.4. The van der Waals surface area contributed by atoms with Crippen LogP contribution in [-0.4, -0.2) is 15.0 Å². The van der Waals surface area contributed by atoms with Crippen molar-refractivity contribution in [3.8, 4) is 5.75 Å². The summed E-state index contributed by atoms with van der Waals surface area (Å²) in [5.41, 5.74) is 5.24. The topological polar surface area (TPSA) is 46.6 Å². The molecule has 2 heterocycles. The maximum Gasteiger partial charge on any atom is 0.210 e. The number of hydrogen-bond acceptors (Lipinski definition) is 4. The van der Waals surface area contributed by atoms with E-state index in [0.717, 1.165) is 35.4 Å². The number of nitrogens with zero attached hydrogens (tertiary/aromatic N) is 1. The first-order valence-electron chi connectivity index (χ1n) is 9.48. The molecule has 3 aromatic rings. The van der Waals surface area contributed by atoms with E-state index >= 15 is 0 Å². The Morgan fingerprint density at radius 2 is 1.50 bits per heavy atom. The average molecular weight is 391 g/mol. The van der Waals surface area contributed by atoms with Gasteiger partial charge in [0.25, 0.3) is 0 Å². The number of para-hydroxylation sites is 1. The lowest BCUT2D eigenvalue weighted by Gasteiger charge is -2.35. The third-order valence-electron chi connectivity index (χ3n) is 5.45. The van der Waals surface area contributed by atoms with E-state index in [1.165, 1.54) is 5.56 Å². The molecule has 0 spiro atoms. The minimum atomic E-state index is -3.59. The number of benzene rings is 3. The normalized spacial score (nSPS) is 16.6. The summed E-state index contributed by atoms with van der Waals surface area (Å²) in [5, 5.41) is 0. The Bertz CT molecular complexity index is 1160. The van der Waals surface area contributed by atoms with E-state index < -0.39 is 9.84 Å². The number of sulfone groups is 1. The van der Waals surface area contributed by atoms with Crippen molar-refractivity contribution in [2.75, 3.05) is 11.5 Å². The molecule has 2 aliphatic rings. The van der Waals surface area contributed by atoms with Gasteiger partial charge in [-0.3, -0.25) is 0 Å². The van der Waals surface area contributed by atoms with Crippen molar-refractivity contribution in [3.05, 3.63) is 71.3 Å². The van der Waals surface area contributed by atoms with Crippen LogP contribution in [0.2, 0.25) is 0 Å². The second-order valence-corrected chi connectivity index (χ2v) is 9.39. The fourth-order valence-corrected chi connectivity index (χ4v) is 5.89. The summed E-state index contributed by atoms with van der Waals surface area (Å²) < 4.78 is 32.9. The van der Waals surface area contributed by atoms with E-state index in [1.54, 1.807) is 12.1 Å². The molecule has 0 saturated carbocycles. The summed E-state index contributed by atoms with van der Waals surface area (Å²) in [6.45, 7) is 4.51. The van der Waals surface area contributed by atoms with Gasteiger partial charge in [-0.25, -0.2) is 8.42 Å². The summed E-state index contributed by atoms with van der Waals surface area (Å²) >= 11 is 0. The van der Waals surface area contributed by atoms with Crippen LogP contribution in [0, 0.1) is 13.8 Å². The second kappa shape index (κ2) is 6.11. The number of rotatable bonds is 1. The van der Waals surface area contributed by atoms with E-state index in [4.69, 9.17) is 4.74 Å². The Morgan fingerprint density at radius 3 is 2.14 bits per heavy atom. The molecule has 28 heavy (non-hydrogen) atoms. The zero-order valence-electron chi connectivity index (χ0n) is 15.9. The van der Waals surface area contributed by atoms with Crippen molar-refractivity contribution in [1.82, 2.24) is 0 Å². The highest BCUT2D eigenvalue weighted by molar-refractivity contribution is 7.92. The monoisotopic (exact) mass is 391 g/mol. The largest absolute Gasteiger partial charge is 0.491 e. The molecule has 0 bridgehead atoms. The molecule has 0 fully saturated rings. The molecule has 0 aromatic heterocycles. The third-order valence-corrected chi connectivity index (χ3v) is 7.26. The number of ether oxygens (including phenoxy) is 1. The predicted octanol–water partition coefficient (Wildman–Crippen LogP) is 5.24. The maximum absolute atomic E-state index is 13.4. The number of hydrogen-bond donors (Lipinski definition) is 0. The first-order chi connectivity index (χ1) is 13.5. The standard InChI is InChI=1S/C23H21NO3S/c1-15-8-10-18-21(13-15)28(25,26)22-14-16(2)9-11-19(22)24(18)20-7-3-5-17-6-4-12-27-23(17)20/h3,5,7-11,13-14H,4,6,12H2,1-2H3. The molecule has 3 aromatic carbocycles. The molecule has 0 atom stereocenters. The molecule has 0 radical (unpaired) electrons. The molecule has 0 saturated heterocycles. The minimum Gasteiger partial charge on any atom is -0.491 e. The lowest BCUT2D eigenvalue weighted by molar-refractivity contribution is 0.289. The molecule has 4 nitrogen and oxygen atoms in total. The molecule has 5 heteroatoms. The molecule has 0 unspecified atom stereocenters. The van der Waals surface area contributed by atoms with Crippen LogP contribution in [0.25, 0.3) is 0 Å². The van der Waals surface area contributed by atoms with E-state index in [1.807, 2.05) is 55.1 Å². The van der Waals surface area contributed by atoms with Gasteiger partial charge in [-0.15, -0.1) is 0 Å². The summed E-state index contributed by atoms with van der Waals surface area (Å²) in [5.74, 6) is 0.853. The SMILES string of the molecule is Cc1ccc2c(c1)S(=O)(=O)c1cc(C)ccc1N2c1cccc2c1OCCC2. The zero-order valence-corrected chi connectivity index (χ0v) is 16.7. The Balaban J connectivity index is 1.86. The fraction of sp³-hybridized carbons (Fsp3) is 0.217. The van der Waals surface area contributed by atoms with E-state index in [0.29, 0.717) is 27.8 Å². The van der Waals surface area contributed by atoms with E-state index in [9.17, 15) is 8.42 Å². The molecule has 5 rings (SSSR count). The summed E-state index contributed by atoms with van der Waals surface area (Å²) in [6.07, 6.45) is 1.97. The van der Waals surface area contributed by atoms with E-state index in [-0.39, 0.29) is 0 Å². The van der Waals surface area contributed by atoms with E-state index in [2.05, 4.69) is 6.07 Å². The van der Waals surface area contributed by atoms with Gasteiger partial charge in [0.15, 0.2) is 0 Å². The third kappa shape index (κ3) is 2.46. The quantitative estimate of drug-likeness (QED) is 0.445. The Labute approximate surface area is 165 Å². The van der Waals surface area contributed by atoms with Crippen molar-refractivity contribution in [3.63, 3.8) is 0 Å². The highest BCUT2D eigenvalue weighted by Crippen LogP contribution is 2.51. The number of aryl methyl sites for hydroxylation is 3. The Morgan fingerprint density at radius 1 is 0.857 bits per heavy atom. The van der Waals surface area contributed by atoms with Gasteiger partial charge < -0.3 is 9.64 Å². The van der Waals surface area contributed by atoms with Gasteiger partial charge in [0, 0.05) is 0 Å². The highest BCUT2D eigenvalue weighted by atomic mass is 32.2. The summed E-state index contributed by atoms with van der Waals surface area (Å²) in [7, 11) is -3.59. The smallest absolute Gasteiger partial charge is 0.210 e. The Kier molecular flexibility index (Phi) is 3.78. The highest BCUT2D eigenvalue weighted by Gasteiger charge is 2.36. The van der Waals surface area contributed by atoms with Crippen LogP contribution in [-0.2, 0) is 16.3 Å². The number of fused-ring (bicyclic) bond motifs is 3. The summed E-state index contributed by atoms with van der Waals surface area (Å²) in [4.78, 5) is 2.73. The van der Waals surface area contributed by atoms with Crippen molar-refractivity contribution >= 4 is 26.9 Å². The second-order valence-electron chi connectivity index (χ2n) is 7.50. The minimum absolute atomic E-state index is 0.346. The van der Waals surface area contributed by atoms with Crippen LogP contribution in [0.15, 0.2) is 64.4 Å². The van der Waals surface area contributed by atoms with Crippen LogP contribution in [0.1, 0.15) is 23.1 Å². The van der Waals surface area contributed by atoms with Crippen molar-refractivity contribution in [2.24, 2.45) is 0 Å². The number of anilines is 3. The van der Waals surface area contributed by atoms with Gasteiger partial charge in [-0.2, -0.15) is 0 Å². The van der Waals surface area contributed by atoms with Gasteiger partial charge in [0.1, 0.15) is 5.75 Å². The first-order valence-corrected chi connectivity index (χ1v) is 11.0. The van der Waals surface area contributed by atoms with Gasteiger partial charge in [-0.05, 0) is 73.7 Å². The fourth-order valence-electron chi connectivity index (χ4n) is 4.10. The van der Waals surface area contributed by atoms with Crippen LogP contribution in [0.3, 0.4) is 0 Å².